The van der Waals surface area contributed by atoms with Crippen molar-refractivity contribution in [3.8, 4) is 0 Å². The molecule has 2 saturated heterocycles. The summed E-state index contributed by atoms with van der Waals surface area (Å²) in [5.41, 5.74) is -2.09. The van der Waals surface area contributed by atoms with Crippen molar-refractivity contribution in [2.75, 3.05) is 20.3 Å². The van der Waals surface area contributed by atoms with E-state index in [0.717, 1.165) is 26.4 Å². The molecule has 2 heterocycles. The summed E-state index contributed by atoms with van der Waals surface area (Å²) >= 11 is 0. The van der Waals surface area contributed by atoms with Crippen LogP contribution in [0.25, 0.3) is 0 Å². The number of ether oxygens (including phenoxy) is 5. The fraction of sp³-hybridized carbons (Fsp3) is 0.907. The van der Waals surface area contributed by atoms with Crippen molar-refractivity contribution in [2.45, 2.75) is 173 Å². The van der Waals surface area contributed by atoms with Crippen LogP contribution in [0.4, 0.5) is 0 Å². The summed E-state index contributed by atoms with van der Waals surface area (Å²) < 4.78 is 28.3. The molecule has 5 aliphatic carbocycles. The molecule has 0 unspecified atom stereocenters. The highest BCUT2D eigenvalue weighted by Gasteiger charge is 2.71. The number of carbonyl (C=O) groups excluding carboxylic acids is 2. The van der Waals surface area contributed by atoms with E-state index in [0.29, 0.717) is 32.1 Å². The molecule has 4 saturated carbocycles. The largest absolute Gasteiger partial charge is 0.467 e. The van der Waals surface area contributed by atoms with Gasteiger partial charge in [-0.2, -0.15) is 0 Å². The highest BCUT2D eigenvalue weighted by Crippen LogP contribution is 2.76. The maximum absolute atomic E-state index is 14.6. The van der Waals surface area contributed by atoms with Crippen LogP contribution in [0.5, 0.6) is 0 Å². The van der Waals surface area contributed by atoms with Gasteiger partial charge in [0.1, 0.15) is 42.7 Å². The third-order valence-electron chi connectivity index (χ3n) is 17.4. The highest BCUT2D eigenvalue weighted by atomic mass is 16.7. The molecule has 0 amide bonds. The van der Waals surface area contributed by atoms with Crippen LogP contribution in [-0.2, 0) is 33.3 Å². The van der Waals surface area contributed by atoms with Crippen molar-refractivity contribution < 1.29 is 79.2 Å². The Hall–Kier alpha value is -1.80. The summed E-state index contributed by atoms with van der Waals surface area (Å²) in [4.78, 5) is 27.0. The number of allylic oxidation sites excluding steroid dienone is 2. The highest BCUT2D eigenvalue weighted by molar-refractivity contribution is 5.79. The molecule has 0 spiro atoms. The zero-order valence-corrected chi connectivity index (χ0v) is 35.4. The number of methoxy groups -OCH3 is 1. The molecule has 9 N–H and O–H groups in total. The van der Waals surface area contributed by atoms with E-state index >= 15 is 0 Å². The van der Waals surface area contributed by atoms with Crippen molar-refractivity contribution in [3.63, 3.8) is 0 Å². The number of esters is 2. The van der Waals surface area contributed by atoms with Crippen LogP contribution in [-0.4, -0.2) is 152 Å². The number of hydrogen-bond donors (Lipinski definition) is 9. The molecule has 16 nitrogen and oxygen atoms in total. The molecule has 2 aliphatic heterocycles. The fourth-order valence-electron chi connectivity index (χ4n) is 13.8. The lowest BCUT2D eigenvalue weighted by Crippen LogP contribution is -2.69. The van der Waals surface area contributed by atoms with Crippen molar-refractivity contribution in [1.29, 1.82) is 0 Å². The standard InChI is InChI=1S/C43H68O16/c1-38(2)12-14-43(37(54)59-35-30(51)27(48)26(47)23(18-44)56-35)15-13-41(5)20(21(43)16-38)8-9-25-39(3)17-22(46)33(40(4,19-45)24(39)10-11-42(25,41)6)58-36-31(52)28(49)29(50)32(57-36)34(53)55-7/h8,21-33,35-36,44-52H,9-19H2,1-7H3/t21-,22-,23+,24+,25+,26+,27-,28-,29-,30+,31+,32-,33-,35-,36-,39-,40-,41+,42+,43-/m0/s1. The van der Waals surface area contributed by atoms with Gasteiger partial charge in [-0.25, -0.2) is 4.79 Å². The zero-order valence-electron chi connectivity index (χ0n) is 35.4. The maximum Gasteiger partial charge on any atom is 0.337 e. The van der Waals surface area contributed by atoms with E-state index in [9.17, 15) is 55.5 Å². The van der Waals surface area contributed by atoms with E-state index in [2.05, 4.69) is 40.7 Å². The molecule has 0 bridgehead atoms. The summed E-state index contributed by atoms with van der Waals surface area (Å²) in [6.07, 6.45) is -10.7. The Kier molecular flexibility index (Phi) is 11.9. The summed E-state index contributed by atoms with van der Waals surface area (Å²) in [7, 11) is 1.10. The van der Waals surface area contributed by atoms with Crippen LogP contribution in [0, 0.1) is 50.2 Å². The van der Waals surface area contributed by atoms with Crippen LogP contribution < -0.4 is 0 Å². The Morgan fingerprint density at radius 3 is 2.05 bits per heavy atom. The summed E-state index contributed by atoms with van der Waals surface area (Å²) in [6, 6.07) is 0. The molecule has 59 heavy (non-hydrogen) atoms. The van der Waals surface area contributed by atoms with Gasteiger partial charge >= 0.3 is 11.9 Å². The smallest absolute Gasteiger partial charge is 0.337 e. The normalized spacial score (nSPS) is 53.1. The predicted octanol–water partition coefficient (Wildman–Crippen LogP) is 0.440. The second-order valence-electron chi connectivity index (χ2n) is 20.9. The van der Waals surface area contributed by atoms with Crippen LogP contribution >= 0.6 is 0 Å². The van der Waals surface area contributed by atoms with E-state index in [-0.39, 0.29) is 47.0 Å². The van der Waals surface area contributed by atoms with E-state index < -0.39 is 108 Å². The Balaban J connectivity index is 1.19. The van der Waals surface area contributed by atoms with Gasteiger partial charge in [0.15, 0.2) is 12.4 Å². The van der Waals surface area contributed by atoms with E-state index in [1.807, 2.05) is 6.92 Å². The van der Waals surface area contributed by atoms with Gasteiger partial charge in [-0.15, -0.1) is 0 Å². The van der Waals surface area contributed by atoms with E-state index in [4.69, 9.17) is 23.7 Å². The quantitative estimate of drug-likeness (QED) is 0.0957. The number of hydrogen-bond acceptors (Lipinski definition) is 16. The van der Waals surface area contributed by atoms with Crippen LogP contribution in [0.15, 0.2) is 11.6 Å². The minimum atomic E-state index is -1.80. The molecular formula is C43H68O16. The summed E-state index contributed by atoms with van der Waals surface area (Å²) in [5.74, 6) is -1.84. The van der Waals surface area contributed by atoms with Crippen molar-refractivity contribution >= 4 is 11.9 Å². The lowest BCUT2D eigenvalue weighted by Gasteiger charge is -2.71. The zero-order chi connectivity index (χ0) is 43.4. The van der Waals surface area contributed by atoms with Gasteiger partial charge in [-0.3, -0.25) is 4.79 Å². The van der Waals surface area contributed by atoms with Gasteiger partial charge < -0.3 is 69.6 Å². The molecule has 20 atom stereocenters. The van der Waals surface area contributed by atoms with Crippen molar-refractivity contribution in [2.24, 2.45) is 50.2 Å². The minimum Gasteiger partial charge on any atom is -0.467 e. The first kappa shape index (κ1) is 45.2. The third kappa shape index (κ3) is 6.68. The number of fused-ring (bicyclic) bond motifs is 7. The average Bonchev–Trinajstić information content (AvgIpc) is 3.19. The molecule has 7 rings (SSSR count). The first-order valence-corrected chi connectivity index (χ1v) is 21.4. The monoisotopic (exact) mass is 840 g/mol. The molecule has 0 radical (unpaired) electrons. The first-order chi connectivity index (χ1) is 27.5. The van der Waals surface area contributed by atoms with Gasteiger partial charge in [0, 0.05) is 5.41 Å². The maximum atomic E-state index is 14.6. The molecular weight excluding hydrogens is 772 g/mol. The Bertz CT molecular complexity index is 1640. The second-order valence-corrected chi connectivity index (χ2v) is 20.9. The summed E-state index contributed by atoms with van der Waals surface area (Å²) in [6.45, 7) is 12.1. The SMILES string of the molecule is COC(=O)[C@H]1O[C@@H](O[C@H]2[C@@H](O)C[C@@]3(C)[C@@H](CC[C@]4(C)[C@@H]3CC=C3[C@@H]5CC(C)(C)CC[C@]5(C(=O)O[C@@H]5O[C@H](CO)[C@@H](O)[C@H](O)[C@H]5O)CC[C@]34C)[C@]2(C)CO)[C@H](O)[C@@H](O)[C@@H]1O. The Morgan fingerprint density at radius 1 is 0.763 bits per heavy atom. The number of aliphatic hydroxyl groups excluding tert-OH is 9. The number of carbonyl (C=O) groups is 2. The Morgan fingerprint density at radius 2 is 1.41 bits per heavy atom. The van der Waals surface area contributed by atoms with Crippen molar-refractivity contribution in [1.82, 2.24) is 0 Å². The fourth-order valence-corrected chi connectivity index (χ4v) is 13.8. The minimum absolute atomic E-state index is 0.0336. The third-order valence-corrected chi connectivity index (χ3v) is 17.4. The lowest BCUT2D eigenvalue weighted by molar-refractivity contribution is -0.340. The van der Waals surface area contributed by atoms with Gasteiger partial charge in [-0.1, -0.05) is 53.2 Å². The molecule has 0 aromatic carbocycles. The van der Waals surface area contributed by atoms with Gasteiger partial charge in [-0.05, 0) is 97.2 Å². The first-order valence-electron chi connectivity index (χ1n) is 21.4. The number of rotatable bonds is 7. The molecule has 0 aromatic heterocycles. The number of aliphatic hydroxyl groups is 9. The van der Waals surface area contributed by atoms with Crippen molar-refractivity contribution in [3.05, 3.63) is 11.6 Å². The van der Waals surface area contributed by atoms with Crippen LogP contribution in [0.2, 0.25) is 0 Å². The molecule has 6 fully saturated rings. The van der Waals surface area contributed by atoms with E-state index in [1.165, 1.54) is 5.57 Å². The lowest BCUT2D eigenvalue weighted by atomic mass is 9.33. The molecule has 336 valence electrons. The van der Waals surface area contributed by atoms with Gasteiger partial charge in [0.05, 0.1) is 37.9 Å². The average molecular weight is 841 g/mol. The predicted molar refractivity (Wildman–Crippen MR) is 205 cm³/mol. The summed E-state index contributed by atoms with van der Waals surface area (Å²) in [5, 5.41) is 96.7. The topological polar surface area (TPSA) is 262 Å². The van der Waals surface area contributed by atoms with Gasteiger partial charge in [0.2, 0.25) is 6.29 Å². The van der Waals surface area contributed by atoms with E-state index in [1.54, 1.807) is 0 Å². The molecule has 0 aromatic rings. The van der Waals surface area contributed by atoms with Gasteiger partial charge in [0.25, 0.3) is 0 Å². The second kappa shape index (κ2) is 15.5. The molecule has 7 aliphatic rings. The molecule has 16 heteroatoms. The Labute approximate surface area is 345 Å². The van der Waals surface area contributed by atoms with Crippen LogP contribution in [0.1, 0.15) is 99.3 Å². The van der Waals surface area contributed by atoms with Crippen LogP contribution in [0.3, 0.4) is 0 Å².